The Hall–Kier alpha value is -1.12. The van der Waals surface area contributed by atoms with Gasteiger partial charge in [-0.05, 0) is 18.9 Å². The molecule has 3 heteroatoms. The molecule has 0 spiro atoms. The number of nitrogens with zero attached hydrogens (tertiary/aromatic N) is 2. The minimum Gasteiger partial charge on any atom is -0.373 e. The van der Waals surface area contributed by atoms with Crippen molar-refractivity contribution in [1.82, 2.24) is 9.97 Å². The molecule has 0 aliphatic heterocycles. The second kappa shape index (κ2) is 2.44. The molecule has 1 aromatic rings. The molecular weight excluding hydrogens is 150 g/mol. The van der Waals surface area contributed by atoms with Crippen LogP contribution in [0.1, 0.15) is 25.6 Å². The van der Waals surface area contributed by atoms with Crippen molar-refractivity contribution in [2.24, 2.45) is 0 Å². The van der Waals surface area contributed by atoms with E-state index >= 15 is 0 Å². The van der Waals surface area contributed by atoms with Gasteiger partial charge in [-0.2, -0.15) is 0 Å². The van der Waals surface area contributed by atoms with Gasteiger partial charge in [-0.3, -0.25) is 0 Å². The second-order valence-electron chi connectivity index (χ2n) is 3.58. The summed E-state index contributed by atoms with van der Waals surface area (Å²) in [7, 11) is 1.88. The van der Waals surface area contributed by atoms with Gasteiger partial charge in [-0.1, -0.05) is 6.92 Å². The zero-order valence-corrected chi connectivity index (χ0v) is 7.46. The Balaban J connectivity index is 2.32. The van der Waals surface area contributed by atoms with Gasteiger partial charge >= 0.3 is 0 Å². The highest BCUT2D eigenvalue weighted by molar-refractivity contribution is 5.33. The molecule has 1 aliphatic rings. The Morgan fingerprint density at radius 2 is 2.25 bits per heavy atom. The number of hydrogen-bond acceptors (Lipinski definition) is 3. The van der Waals surface area contributed by atoms with E-state index in [2.05, 4.69) is 22.2 Å². The van der Waals surface area contributed by atoms with Crippen LogP contribution < -0.4 is 5.32 Å². The van der Waals surface area contributed by atoms with E-state index in [9.17, 15) is 0 Å². The summed E-state index contributed by atoms with van der Waals surface area (Å²) < 4.78 is 0. The largest absolute Gasteiger partial charge is 0.373 e. The monoisotopic (exact) mass is 163 g/mol. The van der Waals surface area contributed by atoms with E-state index in [4.69, 9.17) is 0 Å². The summed E-state index contributed by atoms with van der Waals surface area (Å²) in [4.78, 5) is 8.67. The summed E-state index contributed by atoms with van der Waals surface area (Å²) in [6.07, 6.45) is 4.26. The number of aromatic nitrogens is 2. The van der Waals surface area contributed by atoms with E-state index in [0.29, 0.717) is 0 Å². The summed E-state index contributed by atoms with van der Waals surface area (Å²) in [5.41, 5.74) is 0.271. The summed E-state index contributed by atoms with van der Waals surface area (Å²) in [6.45, 7) is 2.21. The van der Waals surface area contributed by atoms with Crippen LogP contribution in [0.2, 0.25) is 0 Å². The van der Waals surface area contributed by atoms with Crippen molar-refractivity contribution >= 4 is 5.82 Å². The van der Waals surface area contributed by atoms with Crippen molar-refractivity contribution in [2.45, 2.75) is 25.2 Å². The molecule has 0 aromatic carbocycles. The fourth-order valence-electron chi connectivity index (χ4n) is 1.20. The van der Waals surface area contributed by atoms with Gasteiger partial charge in [0.2, 0.25) is 0 Å². The maximum absolute atomic E-state index is 4.40. The fourth-order valence-corrected chi connectivity index (χ4v) is 1.20. The van der Waals surface area contributed by atoms with Gasteiger partial charge in [0.1, 0.15) is 11.6 Å². The first-order valence-corrected chi connectivity index (χ1v) is 4.26. The van der Waals surface area contributed by atoms with Crippen LogP contribution in [0.4, 0.5) is 5.82 Å². The molecule has 1 N–H and O–H groups in total. The third-order valence-electron chi connectivity index (χ3n) is 2.45. The lowest BCUT2D eigenvalue weighted by molar-refractivity contribution is 0.710. The summed E-state index contributed by atoms with van der Waals surface area (Å²) in [5.74, 6) is 1.89. The first-order chi connectivity index (χ1) is 5.74. The molecule has 0 atom stereocenters. The molecule has 0 saturated heterocycles. The molecule has 1 heterocycles. The number of nitrogens with one attached hydrogen (secondary N) is 1. The van der Waals surface area contributed by atoms with Gasteiger partial charge in [0.05, 0.1) is 0 Å². The minimum absolute atomic E-state index is 0.271. The van der Waals surface area contributed by atoms with Crippen LogP contribution in [0, 0.1) is 0 Å². The van der Waals surface area contributed by atoms with Gasteiger partial charge in [0.25, 0.3) is 0 Å². The highest BCUT2D eigenvalue weighted by Gasteiger charge is 2.41. The molecule has 1 aromatic heterocycles. The summed E-state index contributed by atoms with van der Waals surface area (Å²) in [5, 5.41) is 3.02. The predicted molar refractivity (Wildman–Crippen MR) is 48.2 cm³/mol. The van der Waals surface area contributed by atoms with Crippen molar-refractivity contribution < 1.29 is 0 Å². The lowest BCUT2D eigenvalue weighted by Gasteiger charge is -2.07. The second-order valence-corrected chi connectivity index (χ2v) is 3.58. The van der Waals surface area contributed by atoms with Crippen molar-refractivity contribution in [2.75, 3.05) is 12.4 Å². The molecular formula is C9H13N3. The van der Waals surface area contributed by atoms with Gasteiger partial charge < -0.3 is 5.32 Å². The predicted octanol–water partition coefficient (Wildman–Crippen LogP) is 1.57. The zero-order chi connectivity index (χ0) is 8.60. The van der Waals surface area contributed by atoms with Crippen LogP contribution >= 0.6 is 0 Å². The Morgan fingerprint density at radius 1 is 1.50 bits per heavy atom. The Labute approximate surface area is 72.2 Å². The van der Waals surface area contributed by atoms with Crippen LogP contribution in [0.3, 0.4) is 0 Å². The SMILES string of the molecule is CNc1ccnc(C2(C)CC2)n1. The Morgan fingerprint density at radius 3 is 2.83 bits per heavy atom. The van der Waals surface area contributed by atoms with Crippen molar-refractivity contribution in [3.05, 3.63) is 18.1 Å². The van der Waals surface area contributed by atoms with E-state index in [-0.39, 0.29) is 5.41 Å². The molecule has 1 aliphatic carbocycles. The third-order valence-corrected chi connectivity index (χ3v) is 2.45. The van der Waals surface area contributed by atoms with Crippen LogP contribution in [-0.2, 0) is 5.41 Å². The third kappa shape index (κ3) is 1.15. The average Bonchev–Trinajstić information content (AvgIpc) is 2.85. The molecule has 3 nitrogen and oxygen atoms in total. The molecule has 12 heavy (non-hydrogen) atoms. The standard InChI is InChI=1S/C9H13N3/c1-9(4-5-9)8-11-6-3-7(10-2)12-8/h3,6H,4-5H2,1-2H3,(H,10,11,12). The van der Waals surface area contributed by atoms with Gasteiger partial charge in [-0.25, -0.2) is 9.97 Å². The van der Waals surface area contributed by atoms with Crippen molar-refractivity contribution in [3.8, 4) is 0 Å². The molecule has 0 unspecified atom stereocenters. The highest BCUT2D eigenvalue weighted by atomic mass is 15.0. The number of anilines is 1. The maximum atomic E-state index is 4.40. The van der Waals surface area contributed by atoms with Gasteiger partial charge in [-0.15, -0.1) is 0 Å². The molecule has 0 bridgehead atoms. The normalized spacial score (nSPS) is 18.8. The van der Waals surface area contributed by atoms with Crippen molar-refractivity contribution in [1.29, 1.82) is 0 Å². The number of rotatable bonds is 2. The summed E-state index contributed by atoms with van der Waals surface area (Å²) in [6, 6.07) is 1.88. The van der Waals surface area contributed by atoms with Gasteiger partial charge in [0.15, 0.2) is 0 Å². The van der Waals surface area contributed by atoms with Crippen LogP contribution in [0.25, 0.3) is 0 Å². The zero-order valence-electron chi connectivity index (χ0n) is 7.46. The quantitative estimate of drug-likeness (QED) is 0.719. The molecule has 64 valence electrons. The number of hydrogen-bond donors (Lipinski definition) is 1. The lowest BCUT2D eigenvalue weighted by atomic mass is 10.1. The highest BCUT2D eigenvalue weighted by Crippen LogP contribution is 2.45. The minimum atomic E-state index is 0.271. The fraction of sp³-hybridized carbons (Fsp3) is 0.556. The van der Waals surface area contributed by atoms with Crippen LogP contribution in [0.5, 0.6) is 0 Å². The van der Waals surface area contributed by atoms with E-state index in [1.807, 2.05) is 19.3 Å². The Bertz CT molecular complexity index is 292. The molecule has 1 fully saturated rings. The average molecular weight is 163 g/mol. The molecule has 0 radical (unpaired) electrons. The molecule has 2 rings (SSSR count). The van der Waals surface area contributed by atoms with E-state index in [1.54, 1.807) is 0 Å². The van der Waals surface area contributed by atoms with Crippen LogP contribution in [-0.4, -0.2) is 17.0 Å². The first-order valence-electron chi connectivity index (χ1n) is 4.26. The van der Waals surface area contributed by atoms with Crippen LogP contribution in [0.15, 0.2) is 12.3 Å². The smallest absolute Gasteiger partial charge is 0.136 e. The van der Waals surface area contributed by atoms with Gasteiger partial charge in [0, 0.05) is 18.7 Å². The molecule has 0 amide bonds. The Kier molecular flexibility index (Phi) is 1.53. The maximum Gasteiger partial charge on any atom is 0.136 e. The van der Waals surface area contributed by atoms with E-state index in [1.165, 1.54) is 12.8 Å². The topological polar surface area (TPSA) is 37.8 Å². The summed E-state index contributed by atoms with van der Waals surface area (Å²) >= 11 is 0. The molecule has 1 saturated carbocycles. The van der Waals surface area contributed by atoms with Crippen molar-refractivity contribution in [3.63, 3.8) is 0 Å². The first kappa shape index (κ1) is 7.53. The lowest BCUT2D eigenvalue weighted by Crippen LogP contribution is -2.07. The van der Waals surface area contributed by atoms with E-state index in [0.717, 1.165) is 11.6 Å². The van der Waals surface area contributed by atoms with E-state index < -0.39 is 0 Å².